The van der Waals surface area contributed by atoms with E-state index < -0.39 is 12.1 Å². The SMILES string of the molecule is CC/C=C\C/C=C\C/C=C\C/C=C\C/C=C\C/C=C\C/C=C\CCCCCCCCCCCCCCCCCCCCCC(=O)NC(CO)C(O)/C=C/CC/C=C/CCCCCCCCC. The molecular formula is C62H107NO3. The van der Waals surface area contributed by atoms with Crippen LogP contribution in [0.5, 0.6) is 0 Å². The van der Waals surface area contributed by atoms with Gasteiger partial charge in [0.2, 0.25) is 5.91 Å². The highest BCUT2D eigenvalue weighted by molar-refractivity contribution is 5.76. The molecule has 4 nitrogen and oxygen atoms in total. The molecule has 0 spiro atoms. The van der Waals surface area contributed by atoms with Crippen molar-refractivity contribution in [3.05, 3.63) is 109 Å². The van der Waals surface area contributed by atoms with E-state index >= 15 is 0 Å². The Balaban J connectivity index is 3.49. The summed E-state index contributed by atoms with van der Waals surface area (Å²) in [4.78, 5) is 12.4. The Morgan fingerprint density at radius 1 is 0.379 bits per heavy atom. The van der Waals surface area contributed by atoms with Crippen LogP contribution in [0.3, 0.4) is 0 Å². The molecule has 2 unspecified atom stereocenters. The maximum absolute atomic E-state index is 12.4. The number of amides is 1. The number of nitrogens with one attached hydrogen (secondary N) is 1. The smallest absolute Gasteiger partial charge is 0.220 e. The number of aliphatic hydroxyl groups is 2. The summed E-state index contributed by atoms with van der Waals surface area (Å²) in [6.45, 7) is 4.17. The standard InChI is InChI=1S/C62H107NO3/c1-3-5-7-9-11-13-15-17-18-19-20-21-22-23-24-25-26-27-28-29-30-31-32-33-34-35-36-37-38-39-40-41-42-43-44-46-48-50-52-54-56-58-62(66)63-60(59-64)61(65)57-55-53-51-49-47-45-16-14-12-10-8-6-4-2/h5,7,11,13,17-18,20-21,23-24,26-27,29-30,47,49,55,57,60-61,64-65H,3-4,6,8-10,12,14-16,19,22,25,28,31-46,48,50-54,56,58-59H2,1-2H3,(H,63,66)/b7-5-,13-11-,18-17-,21-20-,24-23-,27-26-,30-29-,49-47+,57-55+. The van der Waals surface area contributed by atoms with E-state index in [1.54, 1.807) is 6.08 Å². The Kier molecular flexibility index (Phi) is 53.9. The Morgan fingerprint density at radius 2 is 0.682 bits per heavy atom. The lowest BCUT2D eigenvalue weighted by Gasteiger charge is -2.19. The van der Waals surface area contributed by atoms with Crippen LogP contribution in [0.2, 0.25) is 0 Å². The minimum Gasteiger partial charge on any atom is -0.394 e. The van der Waals surface area contributed by atoms with Crippen LogP contribution >= 0.6 is 0 Å². The maximum atomic E-state index is 12.4. The van der Waals surface area contributed by atoms with E-state index in [0.717, 1.165) is 77.0 Å². The van der Waals surface area contributed by atoms with E-state index in [0.29, 0.717) is 6.42 Å². The predicted molar refractivity (Wildman–Crippen MR) is 294 cm³/mol. The Hall–Kier alpha value is -2.95. The van der Waals surface area contributed by atoms with Crippen LogP contribution in [-0.4, -0.2) is 34.9 Å². The Bertz CT molecular complexity index is 1270. The minimum atomic E-state index is -0.864. The van der Waals surface area contributed by atoms with Gasteiger partial charge in [-0.15, -0.1) is 0 Å². The van der Waals surface area contributed by atoms with Crippen molar-refractivity contribution in [2.45, 2.75) is 270 Å². The number of carbonyl (C=O) groups is 1. The third-order valence-corrected chi connectivity index (χ3v) is 12.2. The van der Waals surface area contributed by atoms with Crippen molar-refractivity contribution in [3.8, 4) is 0 Å². The van der Waals surface area contributed by atoms with Crippen molar-refractivity contribution >= 4 is 5.91 Å². The van der Waals surface area contributed by atoms with Gasteiger partial charge in [0.25, 0.3) is 0 Å². The molecule has 0 saturated heterocycles. The van der Waals surface area contributed by atoms with Crippen LogP contribution in [0.25, 0.3) is 0 Å². The molecule has 4 heteroatoms. The van der Waals surface area contributed by atoms with Gasteiger partial charge in [-0.1, -0.05) is 271 Å². The summed E-state index contributed by atoms with van der Waals surface area (Å²) in [6, 6.07) is -0.642. The summed E-state index contributed by atoms with van der Waals surface area (Å²) in [7, 11) is 0. The first kappa shape index (κ1) is 63.0. The molecule has 66 heavy (non-hydrogen) atoms. The average Bonchev–Trinajstić information content (AvgIpc) is 3.32. The normalized spacial score (nSPS) is 13.7. The molecule has 0 aromatic heterocycles. The number of hydrogen-bond acceptors (Lipinski definition) is 3. The molecule has 0 radical (unpaired) electrons. The molecule has 0 aromatic carbocycles. The highest BCUT2D eigenvalue weighted by atomic mass is 16.3. The zero-order valence-electron chi connectivity index (χ0n) is 43.4. The van der Waals surface area contributed by atoms with Crippen molar-refractivity contribution in [1.82, 2.24) is 5.32 Å². The molecule has 0 aromatic rings. The highest BCUT2D eigenvalue weighted by Crippen LogP contribution is 2.16. The Labute approximate surface area is 410 Å². The number of allylic oxidation sites excluding steroid dienone is 17. The number of aliphatic hydroxyl groups excluding tert-OH is 2. The third-order valence-electron chi connectivity index (χ3n) is 12.2. The van der Waals surface area contributed by atoms with Crippen molar-refractivity contribution in [1.29, 1.82) is 0 Å². The summed E-state index contributed by atoms with van der Waals surface area (Å²) in [5.41, 5.74) is 0. The second-order valence-electron chi connectivity index (χ2n) is 18.6. The van der Waals surface area contributed by atoms with Crippen LogP contribution in [-0.2, 0) is 4.79 Å². The minimum absolute atomic E-state index is 0.0754. The molecule has 0 saturated carbocycles. The first-order valence-electron chi connectivity index (χ1n) is 28.1. The number of unbranched alkanes of at least 4 members (excludes halogenated alkanes) is 27. The first-order valence-corrected chi connectivity index (χ1v) is 28.1. The summed E-state index contributed by atoms with van der Waals surface area (Å²) < 4.78 is 0. The molecule has 0 aliphatic heterocycles. The predicted octanol–water partition coefficient (Wildman–Crippen LogP) is 18.7. The topological polar surface area (TPSA) is 69.6 Å². The summed E-state index contributed by atoms with van der Waals surface area (Å²) in [6.07, 6.45) is 85.4. The molecule has 3 N–H and O–H groups in total. The van der Waals surface area contributed by atoms with Gasteiger partial charge in [0.05, 0.1) is 18.8 Å². The van der Waals surface area contributed by atoms with Crippen LogP contribution in [0.15, 0.2) is 109 Å². The van der Waals surface area contributed by atoms with Crippen molar-refractivity contribution < 1.29 is 15.0 Å². The van der Waals surface area contributed by atoms with Gasteiger partial charge in [-0.05, 0) is 89.9 Å². The maximum Gasteiger partial charge on any atom is 0.220 e. The monoisotopic (exact) mass is 914 g/mol. The summed E-state index contributed by atoms with van der Waals surface area (Å²) in [5, 5.41) is 23.0. The van der Waals surface area contributed by atoms with E-state index in [4.69, 9.17) is 0 Å². The van der Waals surface area contributed by atoms with Crippen LogP contribution in [0.1, 0.15) is 258 Å². The lowest BCUT2D eigenvalue weighted by molar-refractivity contribution is -0.123. The quantitative estimate of drug-likeness (QED) is 0.0421. The van der Waals surface area contributed by atoms with Crippen molar-refractivity contribution in [2.24, 2.45) is 0 Å². The van der Waals surface area contributed by atoms with Gasteiger partial charge in [-0.2, -0.15) is 0 Å². The molecule has 0 aliphatic rings. The number of carbonyl (C=O) groups excluding carboxylic acids is 1. The fraction of sp³-hybridized carbons (Fsp3) is 0.694. The van der Waals surface area contributed by atoms with Crippen molar-refractivity contribution in [3.63, 3.8) is 0 Å². The molecule has 1 amide bonds. The van der Waals surface area contributed by atoms with Gasteiger partial charge in [0, 0.05) is 6.42 Å². The van der Waals surface area contributed by atoms with Gasteiger partial charge >= 0.3 is 0 Å². The zero-order valence-corrected chi connectivity index (χ0v) is 43.4. The molecule has 0 rings (SSSR count). The average molecular weight is 915 g/mol. The molecule has 2 atom stereocenters. The van der Waals surface area contributed by atoms with Gasteiger partial charge in [-0.25, -0.2) is 0 Å². The van der Waals surface area contributed by atoms with Crippen molar-refractivity contribution in [2.75, 3.05) is 6.61 Å². The second-order valence-corrected chi connectivity index (χ2v) is 18.6. The van der Waals surface area contributed by atoms with E-state index in [1.165, 1.54) is 161 Å². The first-order chi connectivity index (χ1) is 32.7. The van der Waals surface area contributed by atoms with E-state index in [1.807, 2.05) is 6.08 Å². The van der Waals surface area contributed by atoms with Gasteiger partial charge in [0.15, 0.2) is 0 Å². The van der Waals surface area contributed by atoms with E-state index in [2.05, 4.69) is 116 Å². The van der Waals surface area contributed by atoms with E-state index in [9.17, 15) is 15.0 Å². The van der Waals surface area contributed by atoms with Crippen LogP contribution in [0.4, 0.5) is 0 Å². The molecule has 378 valence electrons. The molecular weight excluding hydrogens is 807 g/mol. The number of hydrogen-bond donors (Lipinski definition) is 3. The van der Waals surface area contributed by atoms with Gasteiger partial charge in [-0.3, -0.25) is 4.79 Å². The molecule has 0 aliphatic carbocycles. The van der Waals surface area contributed by atoms with Gasteiger partial charge < -0.3 is 15.5 Å². The molecule has 0 bridgehead atoms. The molecule has 0 fully saturated rings. The summed E-state index contributed by atoms with van der Waals surface area (Å²) >= 11 is 0. The lowest BCUT2D eigenvalue weighted by atomic mass is 10.0. The van der Waals surface area contributed by atoms with Crippen LogP contribution in [0, 0.1) is 0 Å². The highest BCUT2D eigenvalue weighted by Gasteiger charge is 2.17. The summed E-state index contributed by atoms with van der Waals surface area (Å²) in [5.74, 6) is -0.0754. The lowest BCUT2D eigenvalue weighted by Crippen LogP contribution is -2.45. The second kappa shape index (κ2) is 56.4. The molecule has 0 heterocycles. The fourth-order valence-corrected chi connectivity index (χ4v) is 8.00. The zero-order chi connectivity index (χ0) is 47.7. The van der Waals surface area contributed by atoms with Crippen LogP contribution < -0.4 is 5.32 Å². The number of rotatable bonds is 50. The largest absolute Gasteiger partial charge is 0.394 e. The van der Waals surface area contributed by atoms with Gasteiger partial charge in [0.1, 0.15) is 0 Å². The van der Waals surface area contributed by atoms with E-state index in [-0.39, 0.29) is 12.5 Å². The third kappa shape index (κ3) is 52.0. The Morgan fingerprint density at radius 3 is 1.06 bits per heavy atom. The fourth-order valence-electron chi connectivity index (χ4n) is 8.00.